The van der Waals surface area contributed by atoms with Gasteiger partial charge in [-0.25, -0.2) is 22.5 Å². The standard InChI is InChI=1S/C24H24FN3O2S/c25-21-5-7-22(8-6-21)28-14-23(26-15-28)17-2-1-16-12-19-3-4-20(13-18(16)11-17)24(19)9-10-31(29,30)27-24/h1-2,5-8,11,14-15,19-20,27H,3-4,9-10,12-13H2/t19-,20?,24+/m0/s1. The molecule has 160 valence electrons. The molecule has 0 amide bonds. The third-order valence-corrected chi connectivity index (χ3v) is 9.03. The molecule has 1 spiro atoms. The summed E-state index contributed by atoms with van der Waals surface area (Å²) in [6.45, 7) is 0. The van der Waals surface area contributed by atoms with Gasteiger partial charge in [-0.1, -0.05) is 12.1 Å². The Hall–Kier alpha value is -2.51. The number of halogens is 1. The van der Waals surface area contributed by atoms with Gasteiger partial charge in [0.05, 0.1) is 17.8 Å². The monoisotopic (exact) mass is 437 g/mol. The molecule has 1 unspecified atom stereocenters. The van der Waals surface area contributed by atoms with E-state index in [1.165, 1.54) is 23.3 Å². The Morgan fingerprint density at radius 3 is 2.48 bits per heavy atom. The van der Waals surface area contributed by atoms with Crippen molar-refractivity contribution in [3.05, 3.63) is 71.9 Å². The second-order valence-corrected chi connectivity index (χ2v) is 11.1. The highest BCUT2D eigenvalue weighted by molar-refractivity contribution is 7.89. The molecule has 1 N–H and O–H groups in total. The van der Waals surface area contributed by atoms with Gasteiger partial charge in [-0.15, -0.1) is 0 Å². The second-order valence-electron chi connectivity index (χ2n) is 9.22. The lowest BCUT2D eigenvalue weighted by molar-refractivity contribution is 0.232. The highest BCUT2D eigenvalue weighted by Gasteiger charge is 2.56. The van der Waals surface area contributed by atoms with E-state index in [4.69, 9.17) is 0 Å². The Morgan fingerprint density at radius 2 is 1.77 bits per heavy atom. The molecule has 3 aliphatic rings. The summed E-state index contributed by atoms with van der Waals surface area (Å²) in [5.41, 5.74) is 5.17. The lowest BCUT2D eigenvalue weighted by Gasteiger charge is -2.34. The molecule has 1 aromatic heterocycles. The van der Waals surface area contributed by atoms with Crippen molar-refractivity contribution in [2.24, 2.45) is 11.8 Å². The third kappa shape index (κ3) is 3.13. The van der Waals surface area contributed by atoms with Crippen LogP contribution in [0.3, 0.4) is 0 Å². The van der Waals surface area contributed by atoms with Crippen LogP contribution in [-0.4, -0.2) is 29.3 Å². The van der Waals surface area contributed by atoms with Gasteiger partial charge in [0.25, 0.3) is 0 Å². The molecule has 2 aliphatic carbocycles. The van der Waals surface area contributed by atoms with Crippen molar-refractivity contribution in [1.82, 2.24) is 14.3 Å². The Morgan fingerprint density at radius 1 is 1.03 bits per heavy atom. The number of fused-ring (bicyclic) bond motifs is 1. The van der Waals surface area contributed by atoms with Gasteiger partial charge in [-0.05, 0) is 85.4 Å². The molecule has 3 aromatic rings. The van der Waals surface area contributed by atoms with Gasteiger partial charge in [-0.2, -0.15) is 0 Å². The smallest absolute Gasteiger partial charge is 0.212 e. The number of sulfonamides is 1. The number of nitrogens with one attached hydrogen (secondary N) is 1. The fraction of sp³-hybridized carbons (Fsp3) is 0.375. The first kappa shape index (κ1) is 19.2. The third-order valence-electron chi connectivity index (χ3n) is 7.59. The van der Waals surface area contributed by atoms with Crippen LogP contribution in [-0.2, 0) is 22.9 Å². The van der Waals surface area contributed by atoms with Crippen molar-refractivity contribution in [2.75, 3.05) is 5.75 Å². The predicted molar refractivity (Wildman–Crippen MR) is 117 cm³/mol. The maximum Gasteiger partial charge on any atom is 0.212 e. The molecular formula is C24H24FN3O2S. The predicted octanol–water partition coefficient (Wildman–Crippen LogP) is 3.87. The van der Waals surface area contributed by atoms with Gasteiger partial charge in [0.1, 0.15) is 5.82 Å². The second kappa shape index (κ2) is 6.74. The van der Waals surface area contributed by atoms with E-state index >= 15 is 0 Å². The summed E-state index contributed by atoms with van der Waals surface area (Å²) < 4.78 is 42.7. The van der Waals surface area contributed by atoms with Crippen LogP contribution < -0.4 is 4.72 Å². The summed E-state index contributed by atoms with van der Waals surface area (Å²) in [6, 6.07) is 12.9. The van der Waals surface area contributed by atoms with E-state index in [-0.39, 0.29) is 17.1 Å². The van der Waals surface area contributed by atoms with Gasteiger partial charge < -0.3 is 4.57 Å². The first-order valence-corrected chi connectivity index (χ1v) is 12.5. The van der Waals surface area contributed by atoms with Gasteiger partial charge in [0, 0.05) is 23.0 Å². The van der Waals surface area contributed by atoms with Gasteiger partial charge in [0.15, 0.2) is 0 Å². The molecule has 2 heterocycles. The van der Waals surface area contributed by atoms with E-state index in [1.54, 1.807) is 18.5 Å². The summed E-state index contributed by atoms with van der Waals surface area (Å²) in [6.07, 6.45) is 8.45. The molecule has 6 rings (SSSR count). The summed E-state index contributed by atoms with van der Waals surface area (Å²) >= 11 is 0. The zero-order chi connectivity index (χ0) is 21.2. The van der Waals surface area contributed by atoms with Crippen LogP contribution in [0, 0.1) is 17.7 Å². The zero-order valence-corrected chi connectivity index (χ0v) is 17.9. The molecule has 2 aromatic carbocycles. The highest BCUT2D eigenvalue weighted by Crippen LogP contribution is 2.51. The molecule has 0 radical (unpaired) electrons. The first-order chi connectivity index (χ1) is 14.9. The van der Waals surface area contributed by atoms with Crippen molar-refractivity contribution in [1.29, 1.82) is 0 Å². The average Bonchev–Trinajstić information content (AvgIpc) is 3.40. The van der Waals surface area contributed by atoms with E-state index in [0.29, 0.717) is 11.8 Å². The van der Waals surface area contributed by atoms with Crippen molar-refractivity contribution in [2.45, 2.75) is 37.6 Å². The van der Waals surface area contributed by atoms with Crippen molar-refractivity contribution in [3.63, 3.8) is 0 Å². The summed E-state index contributed by atoms with van der Waals surface area (Å²) in [4.78, 5) is 4.57. The van der Waals surface area contributed by atoms with E-state index < -0.39 is 10.0 Å². The Bertz CT molecular complexity index is 1270. The zero-order valence-electron chi connectivity index (χ0n) is 17.1. The molecule has 1 saturated heterocycles. The fourth-order valence-corrected chi connectivity index (χ4v) is 7.74. The number of aromatic nitrogens is 2. The number of rotatable bonds is 2. The Balaban J connectivity index is 1.32. The first-order valence-electron chi connectivity index (χ1n) is 10.9. The van der Waals surface area contributed by atoms with E-state index in [9.17, 15) is 12.8 Å². The lowest BCUT2D eigenvalue weighted by atomic mass is 9.78. The van der Waals surface area contributed by atoms with Crippen molar-refractivity contribution in [3.8, 4) is 16.9 Å². The topological polar surface area (TPSA) is 64.0 Å². The maximum absolute atomic E-state index is 13.2. The Kier molecular flexibility index (Phi) is 4.17. The minimum Gasteiger partial charge on any atom is -0.306 e. The van der Waals surface area contributed by atoms with Gasteiger partial charge in [-0.3, -0.25) is 0 Å². The van der Waals surface area contributed by atoms with Crippen LogP contribution in [0.2, 0.25) is 0 Å². The van der Waals surface area contributed by atoms with Crippen LogP contribution in [0.1, 0.15) is 30.4 Å². The minimum absolute atomic E-state index is 0.252. The van der Waals surface area contributed by atoms with E-state index in [0.717, 1.165) is 49.0 Å². The quantitative estimate of drug-likeness (QED) is 0.662. The van der Waals surface area contributed by atoms with Crippen LogP contribution in [0.4, 0.5) is 4.39 Å². The molecule has 1 saturated carbocycles. The SMILES string of the molecule is O=S1(=O)CC[C@]2(N1)C1CC[C@H]2Cc2ccc(-c3cn(-c4ccc(F)cc4)cn3)cc2C1. The Labute approximate surface area is 181 Å². The van der Waals surface area contributed by atoms with Crippen LogP contribution in [0.25, 0.3) is 16.9 Å². The fourth-order valence-electron chi connectivity index (χ4n) is 6.02. The lowest BCUT2D eigenvalue weighted by Crippen LogP contribution is -2.50. The molecule has 3 atom stereocenters. The molecule has 7 heteroatoms. The van der Waals surface area contributed by atoms with E-state index in [2.05, 4.69) is 27.9 Å². The number of hydrogen-bond acceptors (Lipinski definition) is 3. The molecular weight excluding hydrogens is 413 g/mol. The number of benzene rings is 2. The van der Waals surface area contributed by atoms with Crippen LogP contribution >= 0.6 is 0 Å². The highest BCUT2D eigenvalue weighted by atomic mass is 32.2. The largest absolute Gasteiger partial charge is 0.306 e. The summed E-state index contributed by atoms with van der Waals surface area (Å²) in [5.74, 6) is 0.719. The van der Waals surface area contributed by atoms with Crippen molar-refractivity contribution < 1.29 is 12.8 Å². The number of nitrogens with zero attached hydrogens (tertiary/aromatic N) is 2. The molecule has 5 nitrogen and oxygen atoms in total. The summed E-state index contributed by atoms with van der Waals surface area (Å²) in [7, 11) is -3.15. The molecule has 2 bridgehead atoms. The minimum atomic E-state index is -3.15. The normalized spacial score (nSPS) is 28.5. The van der Waals surface area contributed by atoms with E-state index in [1.807, 2.05) is 10.8 Å². The maximum atomic E-state index is 13.2. The number of imidazole rings is 1. The van der Waals surface area contributed by atoms with Crippen molar-refractivity contribution >= 4 is 10.0 Å². The summed E-state index contributed by atoms with van der Waals surface area (Å²) in [5, 5.41) is 0. The van der Waals surface area contributed by atoms with Gasteiger partial charge >= 0.3 is 0 Å². The average molecular weight is 438 g/mol. The molecule has 31 heavy (non-hydrogen) atoms. The molecule has 2 fully saturated rings. The van der Waals surface area contributed by atoms with Crippen LogP contribution in [0.15, 0.2) is 55.0 Å². The van der Waals surface area contributed by atoms with Gasteiger partial charge in [0.2, 0.25) is 10.0 Å². The number of hydrogen-bond donors (Lipinski definition) is 1. The molecule has 1 aliphatic heterocycles. The van der Waals surface area contributed by atoms with Crippen LogP contribution in [0.5, 0.6) is 0 Å².